The van der Waals surface area contributed by atoms with Crippen LogP contribution in [0.1, 0.15) is 11.4 Å². The van der Waals surface area contributed by atoms with Crippen molar-refractivity contribution < 1.29 is 18.3 Å². The molecule has 2 aromatic rings. The van der Waals surface area contributed by atoms with Crippen molar-refractivity contribution >= 4 is 12.2 Å². The summed E-state index contributed by atoms with van der Waals surface area (Å²) < 4.78 is 38.6. The van der Waals surface area contributed by atoms with E-state index in [2.05, 4.69) is 16.4 Å². The molecule has 0 N–H and O–H groups in total. The van der Waals surface area contributed by atoms with Gasteiger partial charge < -0.3 is 14.0 Å². The number of hydrogen-bond donors (Lipinski definition) is 0. The third kappa shape index (κ3) is 4.89. The maximum absolute atomic E-state index is 12.4. The molecule has 6 nitrogen and oxygen atoms in total. The summed E-state index contributed by atoms with van der Waals surface area (Å²) in [5.74, 6) is 1.09. The third-order valence-corrected chi connectivity index (χ3v) is 4.12. The second kappa shape index (κ2) is 8.91. The number of methoxy groups -OCH3 is 1. The average molecular weight is 384 g/mol. The average Bonchev–Trinajstić information content (AvgIpc) is 2.83. The number of aryl methyl sites for hydroxylation is 1. The van der Waals surface area contributed by atoms with Crippen molar-refractivity contribution in [2.45, 2.75) is 33.3 Å². The van der Waals surface area contributed by atoms with Gasteiger partial charge in [-0.1, -0.05) is 12.1 Å². The number of ether oxygens (including phenoxy) is 2. The molecule has 0 amide bonds. The predicted octanol–water partition coefficient (Wildman–Crippen LogP) is 3.61. The molecule has 0 aliphatic rings. The summed E-state index contributed by atoms with van der Waals surface area (Å²) in [5.41, 5.74) is 0.889. The van der Waals surface area contributed by atoms with Crippen molar-refractivity contribution in [3.8, 4) is 11.5 Å². The summed E-state index contributed by atoms with van der Waals surface area (Å²) >= 11 is 5.44. The van der Waals surface area contributed by atoms with Gasteiger partial charge in [-0.25, -0.2) is 4.68 Å². The van der Waals surface area contributed by atoms with Crippen molar-refractivity contribution in [3.05, 3.63) is 47.0 Å². The maximum Gasteiger partial charge on any atom is 0.387 e. The van der Waals surface area contributed by atoms with Gasteiger partial charge in [0.25, 0.3) is 0 Å². The number of alkyl halides is 2. The molecule has 0 atom stereocenters. The van der Waals surface area contributed by atoms with E-state index in [1.807, 2.05) is 23.4 Å². The standard InChI is InChI=1S/C17H22F2N4O2S/c1-5-8-22-12(2)20-23(17(22)26)11-21(3)10-13-6-7-14(25-16(18)19)15(9-13)24-4/h5-7,9,16H,1,8,10-11H2,2-4H3. The molecule has 0 unspecified atom stereocenters. The Labute approximate surface area is 156 Å². The number of benzene rings is 1. The lowest BCUT2D eigenvalue weighted by molar-refractivity contribution is -0.0512. The summed E-state index contributed by atoms with van der Waals surface area (Å²) in [4.78, 5) is 2.00. The molecule has 1 heterocycles. The second-order valence-corrected chi connectivity index (χ2v) is 6.11. The van der Waals surface area contributed by atoms with Crippen LogP contribution in [-0.4, -0.2) is 40.0 Å². The highest BCUT2D eigenvalue weighted by atomic mass is 32.1. The monoisotopic (exact) mass is 384 g/mol. The highest BCUT2D eigenvalue weighted by molar-refractivity contribution is 7.71. The van der Waals surface area contributed by atoms with Crippen LogP contribution in [0.4, 0.5) is 8.78 Å². The minimum Gasteiger partial charge on any atom is -0.493 e. The summed E-state index contributed by atoms with van der Waals surface area (Å²) in [7, 11) is 3.33. The van der Waals surface area contributed by atoms with Crippen LogP contribution < -0.4 is 9.47 Å². The van der Waals surface area contributed by atoms with E-state index in [-0.39, 0.29) is 11.5 Å². The molecule has 0 saturated heterocycles. The molecule has 0 fully saturated rings. The van der Waals surface area contributed by atoms with Gasteiger partial charge in [-0.05, 0) is 43.9 Å². The normalized spacial score (nSPS) is 11.2. The van der Waals surface area contributed by atoms with E-state index >= 15 is 0 Å². The number of halogens is 2. The zero-order chi connectivity index (χ0) is 19.3. The molecule has 0 aliphatic heterocycles. The Hall–Kier alpha value is -2.26. The predicted molar refractivity (Wildman–Crippen MR) is 97.1 cm³/mol. The van der Waals surface area contributed by atoms with Crippen LogP contribution in [0.5, 0.6) is 11.5 Å². The highest BCUT2D eigenvalue weighted by Gasteiger charge is 2.13. The van der Waals surface area contributed by atoms with E-state index < -0.39 is 6.61 Å². The molecule has 1 aromatic carbocycles. The maximum atomic E-state index is 12.4. The fourth-order valence-electron chi connectivity index (χ4n) is 2.57. The lowest BCUT2D eigenvalue weighted by Gasteiger charge is -2.18. The Morgan fingerprint density at radius 1 is 1.38 bits per heavy atom. The van der Waals surface area contributed by atoms with E-state index in [1.165, 1.54) is 13.2 Å². The number of allylic oxidation sites excluding steroid dienone is 1. The number of aromatic nitrogens is 3. The Kier molecular flexibility index (Phi) is 6.87. The van der Waals surface area contributed by atoms with E-state index in [9.17, 15) is 8.78 Å². The first-order valence-electron chi connectivity index (χ1n) is 7.91. The lowest BCUT2D eigenvalue weighted by atomic mass is 10.2. The minimum atomic E-state index is -2.90. The largest absolute Gasteiger partial charge is 0.493 e. The van der Waals surface area contributed by atoms with Gasteiger partial charge >= 0.3 is 6.61 Å². The topological polar surface area (TPSA) is 44.5 Å². The Balaban J connectivity index is 2.10. The molecule has 26 heavy (non-hydrogen) atoms. The SMILES string of the molecule is C=CCn1c(C)nn(CN(C)Cc2ccc(OC(F)F)c(OC)c2)c1=S. The Morgan fingerprint density at radius 3 is 2.73 bits per heavy atom. The van der Waals surface area contributed by atoms with Gasteiger partial charge in [0, 0.05) is 13.1 Å². The fraction of sp³-hybridized carbons (Fsp3) is 0.412. The van der Waals surface area contributed by atoms with Crippen LogP contribution in [0.15, 0.2) is 30.9 Å². The van der Waals surface area contributed by atoms with Crippen LogP contribution in [-0.2, 0) is 19.8 Å². The number of hydrogen-bond acceptors (Lipinski definition) is 5. The van der Waals surface area contributed by atoms with Crippen molar-refractivity contribution in [2.75, 3.05) is 14.2 Å². The molecule has 0 saturated carbocycles. The summed E-state index contributed by atoms with van der Waals surface area (Å²) in [6, 6.07) is 4.87. The first-order valence-corrected chi connectivity index (χ1v) is 8.32. The smallest absolute Gasteiger partial charge is 0.387 e. The van der Waals surface area contributed by atoms with Gasteiger partial charge in [0.05, 0.1) is 13.8 Å². The van der Waals surface area contributed by atoms with Crippen LogP contribution in [0, 0.1) is 11.7 Å². The van der Waals surface area contributed by atoms with Gasteiger partial charge in [0.2, 0.25) is 0 Å². The molecule has 9 heteroatoms. The Bertz CT molecular complexity index is 820. The molecule has 0 aliphatic carbocycles. The first-order chi connectivity index (χ1) is 12.3. The van der Waals surface area contributed by atoms with Crippen LogP contribution >= 0.6 is 12.2 Å². The van der Waals surface area contributed by atoms with Gasteiger partial charge in [-0.3, -0.25) is 4.90 Å². The molecular weight excluding hydrogens is 362 g/mol. The van der Waals surface area contributed by atoms with Crippen molar-refractivity contribution in [1.29, 1.82) is 0 Å². The molecule has 0 bridgehead atoms. The van der Waals surface area contributed by atoms with Gasteiger partial charge in [-0.15, -0.1) is 6.58 Å². The Morgan fingerprint density at radius 2 is 2.12 bits per heavy atom. The second-order valence-electron chi connectivity index (χ2n) is 5.75. The quantitative estimate of drug-likeness (QED) is 0.488. The zero-order valence-corrected chi connectivity index (χ0v) is 15.8. The summed E-state index contributed by atoms with van der Waals surface area (Å²) in [6.07, 6.45) is 1.77. The van der Waals surface area contributed by atoms with Crippen LogP contribution in [0.2, 0.25) is 0 Å². The summed E-state index contributed by atoms with van der Waals surface area (Å²) in [6.45, 7) is 4.37. The minimum absolute atomic E-state index is 0.00918. The van der Waals surface area contributed by atoms with E-state index in [1.54, 1.807) is 22.9 Å². The molecular formula is C17H22F2N4O2S. The van der Waals surface area contributed by atoms with E-state index in [0.717, 1.165) is 11.4 Å². The van der Waals surface area contributed by atoms with E-state index in [0.29, 0.717) is 24.5 Å². The number of nitrogens with zero attached hydrogens (tertiary/aromatic N) is 4. The fourth-order valence-corrected chi connectivity index (χ4v) is 2.88. The van der Waals surface area contributed by atoms with Gasteiger partial charge in [0.1, 0.15) is 5.82 Å². The molecule has 2 rings (SSSR count). The van der Waals surface area contributed by atoms with Gasteiger partial charge in [-0.2, -0.15) is 13.9 Å². The van der Waals surface area contributed by atoms with Crippen molar-refractivity contribution in [3.63, 3.8) is 0 Å². The first kappa shape index (κ1) is 20.1. The third-order valence-electron chi connectivity index (χ3n) is 3.69. The highest BCUT2D eigenvalue weighted by Crippen LogP contribution is 2.29. The van der Waals surface area contributed by atoms with Crippen LogP contribution in [0.25, 0.3) is 0 Å². The zero-order valence-electron chi connectivity index (χ0n) is 15.0. The number of rotatable bonds is 9. The molecule has 142 valence electrons. The van der Waals surface area contributed by atoms with Crippen molar-refractivity contribution in [2.24, 2.45) is 0 Å². The van der Waals surface area contributed by atoms with Crippen LogP contribution in [0.3, 0.4) is 0 Å². The van der Waals surface area contributed by atoms with Gasteiger partial charge in [0.15, 0.2) is 16.3 Å². The van der Waals surface area contributed by atoms with E-state index in [4.69, 9.17) is 17.0 Å². The molecule has 1 aromatic heterocycles. The summed E-state index contributed by atoms with van der Waals surface area (Å²) in [5, 5.41) is 4.45. The molecule has 0 radical (unpaired) electrons. The van der Waals surface area contributed by atoms with Crippen molar-refractivity contribution in [1.82, 2.24) is 19.2 Å². The lowest BCUT2D eigenvalue weighted by Crippen LogP contribution is -2.22. The molecule has 0 spiro atoms.